The SMILES string of the molecule is O=C(NBr)c1cccc(SCF)c1COc1ccn(O)n1. The molecule has 2 rings (SSSR count). The first-order valence-corrected chi connectivity index (χ1v) is 7.53. The van der Waals surface area contributed by atoms with Crippen molar-refractivity contribution in [3.05, 3.63) is 41.6 Å². The van der Waals surface area contributed by atoms with Crippen molar-refractivity contribution in [2.75, 3.05) is 6.01 Å². The van der Waals surface area contributed by atoms with E-state index < -0.39 is 6.01 Å². The number of hydrogen-bond acceptors (Lipinski definition) is 5. The third-order valence-electron chi connectivity index (χ3n) is 2.59. The monoisotopic (exact) mass is 375 g/mol. The van der Waals surface area contributed by atoms with Gasteiger partial charge >= 0.3 is 0 Å². The summed E-state index contributed by atoms with van der Waals surface area (Å²) in [6.07, 6.45) is 1.31. The van der Waals surface area contributed by atoms with Gasteiger partial charge in [-0.25, -0.2) is 4.39 Å². The Labute approximate surface area is 132 Å². The number of carbonyl (C=O) groups is 1. The third-order valence-corrected chi connectivity index (χ3v) is 3.75. The number of carbonyl (C=O) groups excluding carboxylic acids is 1. The maximum atomic E-state index is 12.6. The fraction of sp³-hybridized carbons (Fsp3) is 0.167. The second kappa shape index (κ2) is 7.32. The Morgan fingerprint density at radius 1 is 1.52 bits per heavy atom. The molecule has 21 heavy (non-hydrogen) atoms. The van der Waals surface area contributed by atoms with E-state index in [2.05, 4.69) is 25.6 Å². The van der Waals surface area contributed by atoms with Crippen molar-refractivity contribution in [2.24, 2.45) is 0 Å². The summed E-state index contributed by atoms with van der Waals surface area (Å²) in [6.45, 7) is 0.0237. The number of thioether (sulfide) groups is 1. The molecule has 0 atom stereocenters. The first-order valence-electron chi connectivity index (χ1n) is 5.75. The third kappa shape index (κ3) is 3.88. The number of hydrogen-bond donors (Lipinski definition) is 2. The maximum absolute atomic E-state index is 12.6. The van der Waals surface area contributed by atoms with Crippen LogP contribution in [0.1, 0.15) is 15.9 Å². The van der Waals surface area contributed by atoms with Crippen molar-refractivity contribution in [3.63, 3.8) is 0 Å². The van der Waals surface area contributed by atoms with Gasteiger partial charge in [0.05, 0.1) is 6.20 Å². The summed E-state index contributed by atoms with van der Waals surface area (Å²) in [5.41, 5.74) is 0.915. The molecule has 0 aliphatic carbocycles. The minimum atomic E-state index is -0.613. The molecule has 0 fully saturated rings. The Bertz CT molecular complexity index is 638. The lowest BCUT2D eigenvalue weighted by molar-refractivity contribution is 0.0983. The lowest BCUT2D eigenvalue weighted by Gasteiger charge is -2.12. The highest BCUT2D eigenvalue weighted by atomic mass is 79.9. The van der Waals surface area contributed by atoms with Crippen LogP contribution < -0.4 is 9.08 Å². The summed E-state index contributed by atoms with van der Waals surface area (Å²) in [5, 5.41) is 12.7. The number of halogens is 2. The molecule has 9 heteroatoms. The van der Waals surface area contributed by atoms with Crippen molar-refractivity contribution in [1.82, 2.24) is 14.3 Å². The standard InChI is InChI=1S/C12H11BrFN3O3S/c13-15-12(18)8-2-1-3-10(21-7-14)9(8)6-20-11-4-5-17(19)16-11/h1-5,19H,6-7H2,(H,15,18). The summed E-state index contributed by atoms with van der Waals surface area (Å²) < 4.78 is 20.4. The van der Waals surface area contributed by atoms with E-state index in [1.165, 1.54) is 12.3 Å². The van der Waals surface area contributed by atoms with E-state index in [1.54, 1.807) is 18.2 Å². The average molecular weight is 376 g/mol. The number of alkyl halides is 1. The highest BCUT2D eigenvalue weighted by Crippen LogP contribution is 2.27. The van der Waals surface area contributed by atoms with Crippen LogP contribution in [0.5, 0.6) is 5.88 Å². The molecule has 0 spiro atoms. The molecule has 0 saturated heterocycles. The quantitative estimate of drug-likeness (QED) is 0.461. The van der Waals surface area contributed by atoms with E-state index in [9.17, 15) is 9.18 Å². The maximum Gasteiger partial charge on any atom is 0.261 e. The highest BCUT2D eigenvalue weighted by molar-refractivity contribution is 9.08. The highest BCUT2D eigenvalue weighted by Gasteiger charge is 2.15. The Hall–Kier alpha value is -1.74. The number of nitrogens with one attached hydrogen (secondary N) is 1. The molecule has 0 unspecified atom stereocenters. The summed E-state index contributed by atoms with van der Waals surface area (Å²) >= 11 is 3.85. The van der Waals surface area contributed by atoms with E-state index >= 15 is 0 Å². The van der Waals surface area contributed by atoms with Gasteiger partial charge in [0.15, 0.2) is 0 Å². The van der Waals surface area contributed by atoms with E-state index in [0.717, 1.165) is 11.8 Å². The van der Waals surface area contributed by atoms with Gasteiger partial charge in [-0.3, -0.25) is 9.14 Å². The van der Waals surface area contributed by atoms with Gasteiger partial charge in [-0.05, 0) is 12.1 Å². The number of ether oxygens (including phenoxy) is 1. The summed E-state index contributed by atoms with van der Waals surface area (Å²) in [4.78, 5) is 13.1. The summed E-state index contributed by atoms with van der Waals surface area (Å²) in [7, 11) is 0. The smallest absolute Gasteiger partial charge is 0.261 e. The topological polar surface area (TPSA) is 76.4 Å². The number of amides is 1. The number of aromatic nitrogens is 2. The van der Waals surface area contributed by atoms with Crippen molar-refractivity contribution >= 4 is 33.8 Å². The molecule has 0 saturated carbocycles. The number of rotatable bonds is 6. The summed E-state index contributed by atoms with van der Waals surface area (Å²) in [5.74, 6) is -0.162. The molecule has 2 aromatic rings. The fourth-order valence-electron chi connectivity index (χ4n) is 1.69. The van der Waals surface area contributed by atoms with Gasteiger partial charge in [0.2, 0.25) is 5.88 Å². The van der Waals surface area contributed by atoms with E-state index in [1.807, 2.05) is 0 Å². The van der Waals surface area contributed by atoms with Gasteiger partial charge in [-0.1, -0.05) is 22.9 Å². The zero-order valence-electron chi connectivity index (χ0n) is 10.6. The lowest BCUT2D eigenvalue weighted by atomic mass is 10.1. The van der Waals surface area contributed by atoms with Crippen LogP contribution in [0.25, 0.3) is 0 Å². The predicted molar refractivity (Wildman–Crippen MR) is 78.4 cm³/mol. The molecule has 0 aliphatic heterocycles. The Morgan fingerprint density at radius 3 is 2.95 bits per heavy atom. The van der Waals surface area contributed by atoms with Gasteiger partial charge < -0.3 is 9.94 Å². The van der Waals surface area contributed by atoms with Crippen molar-refractivity contribution in [3.8, 4) is 5.88 Å². The molecule has 1 aromatic carbocycles. The van der Waals surface area contributed by atoms with E-state index in [4.69, 9.17) is 9.94 Å². The molecule has 0 radical (unpaired) electrons. The molecular weight excluding hydrogens is 365 g/mol. The second-order valence-corrected chi connectivity index (χ2v) is 5.17. The zero-order valence-corrected chi connectivity index (χ0v) is 13.0. The summed E-state index contributed by atoms with van der Waals surface area (Å²) in [6, 6.07) is 5.84. The van der Waals surface area contributed by atoms with Crippen LogP contribution in [0.3, 0.4) is 0 Å². The molecule has 1 aromatic heterocycles. The van der Waals surface area contributed by atoms with Crippen LogP contribution in [0.2, 0.25) is 0 Å². The first kappa shape index (κ1) is 15.6. The number of nitrogens with zero attached hydrogens (tertiary/aromatic N) is 2. The molecule has 0 bridgehead atoms. The van der Waals surface area contributed by atoms with Crippen molar-refractivity contribution < 1.29 is 19.1 Å². The minimum Gasteiger partial charge on any atom is -0.472 e. The molecule has 0 aliphatic rings. The molecule has 1 amide bonds. The van der Waals surface area contributed by atoms with Gasteiger partial charge in [-0.15, -0.1) is 4.85 Å². The van der Waals surface area contributed by atoms with Gasteiger partial charge in [0, 0.05) is 38.2 Å². The lowest BCUT2D eigenvalue weighted by Crippen LogP contribution is -2.16. The molecule has 2 N–H and O–H groups in total. The van der Waals surface area contributed by atoms with Crippen LogP contribution >= 0.6 is 27.9 Å². The van der Waals surface area contributed by atoms with Crippen LogP contribution in [-0.4, -0.2) is 27.1 Å². The van der Waals surface area contributed by atoms with Crippen LogP contribution in [0, 0.1) is 0 Å². The second-order valence-electron chi connectivity index (χ2n) is 3.82. The van der Waals surface area contributed by atoms with Crippen LogP contribution in [0.4, 0.5) is 4.39 Å². The Kier molecular flexibility index (Phi) is 5.45. The fourth-order valence-corrected chi connectivity index (χ4v) is 2.54. The molecule has 112 valence electrons. The van der Waals surface area contributed by atoms with E-state index in [0.29, 0.717) is 20.9 Å². The first-order chi connectivity index (χ1) is 10.2. The van der Waals surface area contributed by atoms with Gasteiger partial charge in [-0.2, -0.15) is 0 Å². The number of benzene rings is 1. The van der Waals surface area contributed by atoms with E-state index in [-0.39, 0.29) is 18.4 Å². The van der Waals surface area contributed by atoms with Crippen LogP contribution in [0.15, 0.2) is 35.4 Å². The normalized spacial score (nSPS) is 10.4. The van der Waals surface area contributed by atoms with Gasteiger partial charge in [0.25, 0.3) is 5.91 Å². The Balaban J connectivity index is 2.27. The predicted octanol–water partition coefficient (Wildman–Crippen LogP) is 2.76. The largest absolute Gasteiger partial charge is 0.472 e. The molecule has 1 heterocycles. The average Bonchev–Trinajstić information content (AvgIpc) is 2.91. The van der Waals surface area contributed by atoms with Gasteiger partial charge in [0.1, 0.15) is 12.6 Å². The zero-order chi connectivity index (χ0) is 15.2. The van der Waals surface area contributed by atoms with Crippen LogP contribution in [-0.2, 0) is 6.61 Å². The van der Waals surface area contributed by atoms with Crippen molar-refractivity contribution in [1.29, 1.82) is 0 Å². The Morgan fingerprint density at radius 2 is 2.33 bits per heavy atom. The minimum absolute atomic E-state index is 0.0237. The van der Waals surface area contributed by atoms with Crippen molar-refractivity contribution in [2.45, 2.75) is 11.5 Å². The molecule has 6 nitrogen and oxygen atoms in total. The molecular formula is C12H11BrFN3O3S.